The van der Waals surface area contributed by atoms with Gasteiger partial charge < -0.3 is 10.1 Å². The third-order valence-corrected chi connectivity index (χ3v) is 4.50. The summed E-state index contributed by atoms with van der Waals surface area (Å²) in [7, 11) is -2.78. The number of amides is 1. The molecule has 2 aromatic carbocycles. The number of anilines is 1. The normalized spacial score (nSPS) is 10.8. The average molecular weight is 366 g/mol. The number of benzene rings is 2. The number of methoxy groups -OCH3 is 1. The molecule has 0 saturated heterocycles. The first-order chi connectivity index (χ1) is 11.8. The molecule has 0 spiro atoms. The maximum absolute atomic E-state index is 12.9. The number of carbonyl (C=O) groups is 2. The number of hydrogen-bond donors (Lipinski definition) is 2. The molecule has 2 rings (SSSR count). The predicted octanol–water partition coefficient (Wildman–Crippen LogP) is 1.53. The molecule has 0 unspecified atom stereocenters. The fraction of sp³-hybridized carbons (Fsp3) is 0.125. The molecule has 2 N–H and O–H groups in total. The van der Waals surface area contributed by atoms with E-state index in [-0.39, 0.29) is 22.7 Å². The first-order valence-corrected chi connectivity index (χ1v) is 8.53. The topological polar surface area (TPSA) is 102 Å². The lowest BCUT2D eigenvalue weighted by atomic mass is 10.2. The largest absolute Gasteiger partial charge is 0.468 e. The zero-order valence-electron chi connectivity index (χ0n) is 13.2. The number of esters is 1. The minimum Gasteiger partial charge on any atom is -0.468 e. The lowest BCUT2D eigenvalue weighted by Crippen LogP contribution is -2.30. The molecule has 132 valence electrons. The van der Waals surface area contributed by atoms with Gasteiger partial charge in [-0.1, -0.05) is 6.07 Å². The quantitative estimate of drug-likeness (QED) is 0.755. The smallest absolute Gasteiger partial charge is 0.325 e. The van der Waals surface area contributed by atoms with Crippen LogP contribution in [-0.2, 0) is 19.6 Å². The second-order valence-electron chi connectivity index (χ2n) is 4.90. The second-order valence-corrected chi connectivity index (χ2v) is 6.58. The zero-order valence-corrected chi connectivity index (χ0v) is 14.0. The summed E-state index contributed by atoms with van der Waals surface area (Å²) in [6.45, 7) is -0.333. The van der Waals surface area contributed by atoms with Gasteiger partial charge in [0.25, 0.3) is 15.9 Å². The highest BCUT2D eigenvalue weighted by molar-refractivity contribution is 7.92. The minimum absolute atomic E-state index is 0.0610. The Hall–Kier alpha value is -2.94. The highest BCUT2D eigenvalue weighted by Gasteiger charge is 2.17. The number of carbonyl (C=O) groups excluding carboxylic acids is 2. The predicted molar refractivity (Wildman–Crippen MR) is 88.0 cm³/mol. The van der Waals surface area contributed by atoms with Crippen LogP contribution in [0.5, 0.6) is 0 Å². The molecule has 0 aliphatic heterocycles. The van der Waals surface area contributed by atoms with E-state index in [4.69, 9.17) is 0 Å². The standard InChI is InChI=1S/C16H15FN2O5S/c1-24-15(20)10-18-16(21)11-3-2-4-14(9-11)25(22,23)19-13-7-5-12(17)6-8-13/h2-9,19H,10H2,1H3,(H,18,21). The Morgan fingerprint density at radius 3 is 2.44 bits per heavy atom. The first kappa shape index (κ1) is 18.4. The van der Waals surface area contributed by atoms with E-state index in [0.717, 1.165) is 12.1 Å². The van der Waals surface area contributed by atoms with Gasteiger partial charge in [-0.3, -0.25) is 14.3 Å². The van der Waals surface area contributed by atoms with Gasteiger partial charge >= 0.3 is 5.97 Å². The molecule has 0 fully saturated rings. The number of ether oxygens (including phenoxy) is 1. The summed E-state index contributed by atoms with van der Waals surface area (Å²) in [5.41, 5.74) is 0.243. The molecule has 0 radical (unpaired) electrons. The van der Waals surface area contributed by atoms with E-state index in [1.54, 1.807) is 0 Å². The van der Waals surface area contributed by atoms with Crippen molar-refractivity contribution in [3.63, 3.8) is 0 Å². The van der Waals surface area contributed by atoms with Crippen LogP contribution in [0.25, 0.3) is 0 Å². The Morgan fingerprint density at radius 1 is 1.12 bits per heavy atom. The number of halogens is 1. The molecule has 0 aromatic heterocycles. The molecule has 1 amide bonds. The van der Waals surface area contributed by atoms with Crippen LogP contribution in [0.1, 0.15) is 10.4 Å². The number of rotatable bonds is 6. The molecule has 7 nitrogen and oxygen atoms in total. The summed E-state index contributed by atoms with van der Waals surface area (Å²) in [5.74, 6) is -1.74. The summed E-state index contributed by atoms with van der Waals surface area (Å²) in [4.78, 5) is 22.8. The van der Waals surface area contributed by atoms with Crippen LogP contribution in [0.3, 0.4) is 0 Å². The van der Waals surface area contributed by atoms with Crippen LogP contribution in [0, 0.1) is 5.82 Å². The fourth-order valence-electron chi connectivity index (χ4n) is 1.86. The van der Waals surface area contributed by atoms with E-state index in [0.29, 0.717) is 0 Å². The molecule has 0 aliphatic rings. The lowest BCUT2D eigenvalue weighted by Gasteiger charge is -2.09. The van der Waals surface area contributed by atoms with E-state index >= 15 is 0 Å². The van der Waals surface area contributed by atoms with Crippen molar-refractivity contribution in [1.82, 2.24) is 5.32 Å². The van der Waals surface area contributed by atoms with E-state index in [2.05, 4.69) is 14.8 Å². The van der Waals surface area contributed by atoms with Gasteiger partial charge in [0.2, 0.25) is 0 Å². The third kappa shape index (κ3) is 5.01. The monoisotopic (exact) mass is 366 g/mol. The van der Waals surface area contributed by atoms with Crippen LogP contribution < -0.4 is 10.0 Å². The summed E-state index contributed by atoms with van der Waals surface area (Å²) in [5, 5.41) is 2.31. The average Bonchev–Trinajstić information content (AvgIpc) is 2.61. The maximum atomic E-state index is 12.9. The van der Waals surface area contributed by atoms with Gasteiger partial charge in [0, 0.05) is 11.3 Å². The molecule has 0 aliphatic carbocycles. The van der Waals surface area contributed by atoms with Crippen molar-refractivity contribution in [1.29, 1.82) is 0 Å². The van der Waals surface area contributed by atoms with Crippen LogP contribution >= 0.6 is 0 Å². The van der Waals surface area contributed by atoms with Crippen molar-refractivity contribution in [2.45, 2.75) is 4.90 Å². The fourth-order valence-corrected chi connectivity index (χ4v) is 2.97. The molecular formula is C16H15FN2O5S. The Morgan fingerprint density at radius 2 is 1.80 bits per heavy atom. The van der Waals surface area contributed by atoms with E-state index < -0.39 is 27.7 Å². The van der Waals surface area contributed by atoms with Gasteiger partial charge in [-0.2, -0.15) is 0 Å². The highest BCUT2D eigenvalue weighted by Crippen LogP contribution is 2.17. The summed E-state index contributed by atoms with van der Waals surface area (Å²) in [6.07, 6.45) is 0. The Labute approximate surface area is 143 Å². The zero-order chi connectivity index (χ0) is 18.4. The Balaban J connectivity index is 2.17. The molecule has 9 heteroatoms. The van der Waals surface area contributed by atoms with Crippen LogP contribution in [0.2, 0.25) is 0 Å². The SMILES string of the molecule is COC(=O)CNC(=O)c1cccc(S(=O)(=O)Nc2ccc(F)cc2)c1. The number of hydrogen-bond acceptors (Lipinski definition) is 5. The summed E-state index contributed by atoms with van der Waals surface area (Å²) in [6, 6.07) is 10.1. The van der Waals surface area contributed by atoms with Crippen LogP contribution in [0.15, 0.2) is 53.4 Å². The van der Waals surface area contributed by atoms with Gasteiger partial charge in [-0.25, -0.2) is 12.8 Å². The molecule has 0 saturated carbocycles. The van der Waals surface area contributed by atoms with Crippen molar-refractivity contribution in [2.24, 2.45) is 0 Å². The van der Waals surface area contributed by atoms with Crippen molar-refractivity contribution >= 4 is 27.6 Å². The van der Waals surface area contributed by atoms with E-state index in [9.17, 15) is 22.4 Å². The molecule has 0 bridgehead atoms. The van der Waals surface area contributed by atoms with Crippen LogP contribution in [0.4, 0.5) is 10.1 Å². The summed E-state index contributed by atoms with van der Waals surface area (Å²) < 4.78 is 44.3. The van der Waals surface area contributed by atoms with E-state index in [1.165, 1.54) is 43.5 Å². The molecule has 25 heavy (non-hydrogen) atoms. The van der Waals surface area contributed by atoms with Gasteiger partial charge in [-0.05, 0) is 42.5 Å². The molecule has 0 heterocycles. The van der Waals surface area contributed by atoms with Crippen molar-refractivity contribution < 1.29 is 27.1 Å². The third-order valence-electron chi connectivity index (χ3n) is 3.12. The lowest BCUT2D eigenvalue weighted by molar-refractivity contribution is -0.139. The van der Waals surface area contributed by atoms with Gasteiger partial charge in [0.05, 0.1) is 12.0 Å². The summed E-state index contributed by atoms with van der Waals surface area (Å²) >= 11 is 0. The number of nitrogens with one attached hydrogen (secondary N) is 2. The molecule has 0 atom stereocenters. The van der Waals surface area contributed by atoms with Crippen LogP contribution in [-0.4, -0.2) is 33.9 Å². The van der Waals surface area contributed by atoms with Gasteiger partial charge in [0.1, 0.15) is 12.4 Å². The molecular weight excluding hydrogens is 351 g/mol. The number of sulfonamides is 1. The Bertz CT molecular complexity index is 882. The van der Waals surface area contributed by atoms with Gasteiger partial charge in [0.15, 0.2) is 0 Å². The second kappa shape index (κ2) is 7.75. The first-order valence-electron chi connectivity index (χ1n) is 7.05. The van der Waals surface area contributed by atoms with Gasteiger partial charge in [-0.15, -0.1) is 0 Å². The van der Waals surface area contributed by atoms with Crippen molar-refractivity contribution in [3.05, 3.63) is 59.9 Å². The van der Waals surface area contributed by atoms with E-state index in [1.807, 2.05) is 0 Å². The molecule has 2 aromatic rings. The Kier molecular flexibility index (Phi) is 5.71. The maximum Gasteiger partial charge on any atom is 0.325 e. The van der Waals surface area contributed by atoms with Crippen molar-refractivity contribution in [2.75, 3.05) is 18.4 Å². The minimum atomic E-state index is -3.96. The highest BCUT2D eigenvalue weighted by atomic mass is 32.2. The van der Waals surface area contributed by atoms with Crippen molar-refractivity contribution in [3.8, 4) is 0 Å².